The van der Waals surface area contributed by atoms with Gasteiger partial charge in [0.1, 0.15) is 11.6 Å². The van der Waals surface area contributed by atoms with Crippen LogP contribution in [0, 0.1) is 11.7 Å². The Labute approximate surface area is 101 Å². The Bertz CT molecular complexity index is 384. The molecular formula is C13H18FNO2. The average Bonchev–Trinajstić information content (AvgIpc) is 2.34. The molecule has 1 aromatic carbocycles. The molecule has 1 fully saturated rings. The van der Waals surface area contributed by atoms with Crippen molar-refractivity contribution < 1.29 is 13.9 Å². The van der Waals surface area contributed by atoms with Gasteiger partial charge in [0.05, 0.1) is 19.4 Å². The van der Waals surface area contributed by atoms with E-state index in [0.29, 0.717) is 17.7 Å². The van der Waals surface area contributed by atoms with Gasteiger partial charge in [-0.3, -0.25) is 0 Å². The number of rotatable bonds is 3. The topological polar surface area (TPSA) is 30.5 Å². The lowest BCUT2D eigenvalue weighted by atomic mass is 9.97. The van der Waals surface area contributed by atoms with Gasteiger partial charge >= 0.3 is 0 Å². The second-order valence-electron chi connectivity index (χ2n) is 4.44. The standard InChI is InChI=1S/C13H18FNO2/c1-9-8-17-6-5-11(9)15-12-4-3-10(14)7-13(12)16-2/h3-4,7,9,11,15H,5-6,8H2,1-2H3. The molecule has 0 spiro atoms. The van der Waals surface area contributed by atoms with E-state index in [4.69, 9.17) is 9.47 Å². The third-order valence-electron chi connectivity index (χ3n) is 3.15. The lowest BCUT2D eigenvalue weighted by Crippen LogP contribution is -2.36. The normalized spacial score (nSPS) is 24.4. The van der Waals surface area contributed by atoms with E-state index in [0.717, 1.165) is 25.3 Å². The number of halogens is 1. The summed E-state index contributed by atoms with van der Waals surface area (Å²) in [6, 6.07) is 4.90. The van der Waals surface area contributed by atoms with Crippen molar-refractivity contribution >= 4 is 5.69 Å². The first-order valence-corrected chi connectivity index (χ1v) is 5.88. The highest BCUT2D eigenvalue weighted by Crippen LogP contribution is 2.28. The number of benzene rings is 1. The molecule has 1 saturated heterocycles. The smallest absolute Gasteiger partial charge is 0.144 e. The largest absolute Gasteiger partial charge is 0.494 e. The Morgan fingerprint density at radius 1 is 1.47 bits per heavy atom. The van der Waals surface area contributed by atoms with E-state index in [2.05, 4.69) is 12.2 Å². The minimum Gasteiger partial charge on any atom is -0.494 e. The lowest BCUT2D eigenvalue weighted by molar-refractivity contribution is 0.0537. The Morgan fingerprint density at radius 2 is 2.29 bits per heavy atom. The van der Waals surface area contributed by atoms with Gasteiger partial charge in [-0.25, -0.2) is 4.39 Å². The predicted molar refractivity (Wildman–Crippen MR) is 65.0 cm³/mol. The van der Waals surface area contributed by atoms with Crippen LogP contribution in [-0.2, 0) is 4.74 Å². The van der Waals surface area contributed by atoms with E-state index in [1.54, 1.807) is 13.2 Å². The Morgan fingerprint density at radius 3 is 3.00 bits per heavy atom. The molecule has 94 valence electrons. The molecule has 0 saturated carbocycles. The van der Waals surface area contributed by atoms with Gasteiger partial charge in [0.25, 0.3) is 0 Å². The molecule has 1 heterocycles. The summed E-state index contributed by atoms with van der Waals surface area (Å²) < 4.78 is 23.6. The van der Waals surface area contributed by atoms with Crippen LogP contribution >= 0.6 is 0 Å². The summed E-state index contributed by atoms with van der Waals surface area (Å²) in [4.78, 5) is 0. The fraction of sp³-hybridized carbons (Fsp3) is 0.538. The summed E-state index contributed by atoms with van der Waals surface area (Å²) in [6.45, 7) is 3.68. The molecule has 1 aliphatic rings. The van der Waals surface area contributed by atoms with Crippen molar-refractivity contribution in [2.24, 2.45) is 5.92 Å². The van der Waals surface area contributed by atoms with E-state index >= 15 is 0 Å². The molecule has 1 aliphatic heterocycles. The van der Waals surface area contributed by atoms with E-state index in [9.17, 15) is 4.39 Å². The highest BCUT2D eigenvalue weighted by atomic mass is 19.1. The number of methoxy groups -OCH3 is 1. The van der Waals surface area contributed by atoms with Crippen molar-refractivity contribution in [3.8, 4) is 5.75 Å². The maximum atomic E-state index is 13.1. The fourth-order valence-electron chi connectivity index (χ4n) is 2.08. The highest BCUT2D eigenvalue weighted by molar-refractivity contribution is 5.57. The predicted octanol–water partition coefficient (Wildman–Crippen LogP) is 2.67. The van der Waals surface area contributed by atoms with Crippen LogP contribution in [0.5, 0.6) is 5.75 Å². The third-order valence-corrected chi connectivity index (χ3v) is 3.15. The summed E-state index contributed by atoms with van der Waals surface area (Å²) >= 11 is 0. The number of hydrogen-bond donors (Lipinski definition) is 1. The molecule has 0 aromatic heterocycles. The Hall–Kier alpha value is -1.29. The van der Waals surface area contributed by atoms with Gasteiger partial charge in [-0.2, -0.15) is 0 Å². The van der Waals surface area contributed by atoms with Gasteiger partial charge < -0.3 is 14.8 Å². The molecule has 0 radical (unpaired) electrons. The van der Waals surface area contributed by atoms with Crippen molar-refractivity contribution in [3.05, 3.63) is 24.0 Å². The van der Waals surface area contributed by atoms with Gasteiger partial charge in [0.2, 0.25) is 0 Å². The molecule has 1 aromatic rings. The minimum absolute atomic E-state index is 0.285. The summed E-state index contributed by atoms with van der Waals surface area (Å²) in [5, 5.41) is 3.41. The first-order chi connectivity index (χ1) is 8.20. The van der Waals surface area contributed by atoms with Gasteiger partial charge in [0, 0.05) is 18.7 Å². The third kappa shape index (κ3) is 2.88. The maximum Gasteiger partial charge on any atom is 0.144 e. The maximum absolute atomic E-state index is 13.1. The minimum atomic E-state index is -0.285. The number of nitrogens with one attached hydrogen (secondary N) is 1. The van der Waals surface area contributed by atoms with Crippen LogP contribution < -0.4 is 10.1 Å². The zero-order valence-electron chi connectivity index (χ0n) is 10.2. The van der Waals surface area contributed by atoms with Crippen molar-refractivity contribution in [2.75, 3.05) is 25.6 Å². The van der Waals surface area contributed by atoms with Crippen LogP contribution in [0.2, 0.25) is 0 Å². The lowest BCUT2D eigenvalue weighted by Gasteiger charge is -2.30. The summed E-state index contributed by atoms with van der Waals surface area (Å²) in [6.07, 6.45) is 0.960. The SMILES string of the molecule is COc1cc(F)ccc1NC1CCOCC1C. The van der Waals surface area contributed by atoms with Crippen LogP contribution in [0.1, 0.15) is 13.3 Å². The second kappa shape index (κ2) is 5.36. The molecule has 2 unspecified atom stereocenters. The highest BCUT2D eigenvalue weighted by Gasteiger charge is 2.22. The molecule has 0 bridgehead atoms. The number of ether oxygens (including phenoxy) is 2. The summed E-state index contributed by atoms with van der Waals surface area (Å²) in [7, 11) is 1.55. The van der Waals surface area contributed by atoms with Gasteiger partial charge in [0.15, 0.2) is 0 Å². The first-order valence-electron chi connectivity index (χ1n) is 5.88. The molecule has 2 atom stereocenters. The van der Waals surface area contributed by atoms with Crippen molar-refractivity contribution in [3.63, 3.8) is 0 Å². The van der Waals surface area contributed by atoms with Crippen molar-refractivity contribution in [2.45, 2.75) is 19.4 Å². The van der Waals surface area contributed by atoms with Crippen LogP contribution in [0.25, 0.3) is 0 Å². The van der Waals surface area contributed by atoms with E-state index in [-0.39, 0.29) is 5.82 Å². The summed E-state index contributed by atoms with van der Waals surface area (Å²) in [5.74, 6) is 0.703. The van der Waals surface area contributed by atoms with E-state index in [1.807, 2.05) is 0 Å². The molecule has 0 amide bonds. The first kappa shape index (κ1) is 12.2. The van der Waals surface area contributed by atoms with E-state index in [1.165, 1.54) is 12.1 Å². The zero-order valence-corrected chi connectivity index (χ0v) is 10.2. The van der Waals surface area contributed by atoms with Gasteiger partial charge in [-0.15, -0.1) is 0 Å². The van der Waals surface area contributed by atoms with Crippen LogP contribution in [0.4, 0.5) is 10.1 Å². The molecule has 0 aliphatic carbocycles. The van der Waals surface area contributed by atoms with Crippen LogP contribution in [0.3, 0.4) is 0 Å². The van der Waals surface area contributed by atoms with Crippen LogP contribution in [-0.4, -0.2) is 26.4 Å². The molecule has 2 rings (SSSR count). The fourth-order valence-corrected chi connectivity index (χ4v) is 2.08. The number of hydrogen-bond acceptors (Lipinski definition) is 3. The Balaban J connectivity index is 2.11. The molecule has 3 nitrogen and oxygen atoms in total. The van der Waals surface area contributed by atoms with E-state index < -0.39 is 0 Å². The molecular weight excluding hydrogens is 221 g/mol. The monoisotopic (exact) mass is 239 g/mol. The molecule has 1 N–H and O–H groups in total. The van der Waals surface area contributed by atoms with Gasteiger partial charge in [-0.1, -0.05) is 6.92 Å². The number of anilines is 1. The second-order valence-corrected chi connectivity index (χ2v) is 4.44. The summed E-state index contributed by atoms with van der Waals surface area (Å²) in [5.41, 5.74) is 0.840. The van der Waals surface area contributed by atoms with Crippen molar-refractivity contribution in [1.29, 1.82) is 0 Å². The van der Waals surface area contributed by atoms with Crippen LogP contribution in [0.15, 0.2) is 18.2 Å². The molecule has 4 heteroatoms. The van der Waals surface area contributed by atoms with Gasteiger partial charge in [-0.05, 0) is 24.5 Å². The quantitative estimate of drug-likeness (QED) is 0.879. The zero-order chi connectivity index (χ0) is 12.3. The average molecular weight is 239 g/mol. The molecule has 17 heavy (non-hydrogen) atoms. The Kier molecular flexibility index (Phi) is 3.84. The van der Waals surface area contributed by atoms with Crippen molar-refractivity contribution in [1.82, 2.24) is 0 Å².